The first kappa shape index (κ1) is 24.1. The molecule has 6 nitrogen and oxygen atoms in total. The highest BCUT2D eigenvalue weighted by Crippen LogP contribution is 2.33. The molecule has 0 saturated heterocycles. The molecular formula is C29H28ClN3O3. The molecule has 0 atom stereocenters. The number of hydrogen-bond acceptors (Lipinski definition) is 5. The van der Waals surface area contributed by atoms with Gasteiger partial charge in [-0.3, -0.25) is 14.7 Å². The van der Waals surface area contributed by atoms with Crippen molar-refractivity contribution < 1.29 is 14.3 Å². The molecule has 1 aliphatic heterocycles. The van der Waals surface area contributed by atoms with E-state index in [4.69, 9.17) is 26.1 Å². The van der Waals surface area contributed by atoms with Crippen LogP contribution in [0.3, 0.4) is 0 Å². The van der Waals surface area contributed by atoms with E-state index in [0.717, 1.165) is 48.1 Å². The molecule has 0 fully saturated rings. The van der Waals surface area contributed by atoms with Gasteiger partial charge < -0.3 is 14.8 Å². The fraction of sp³-hybridized carbons (Fsp3) is 0.241. The zero-order valence-electron chi connectivity index (χ0n) is 20.4. The third-order valence-corrected chi connectivity index (χ3v) is 6.84. The fourth-order valence-electron chi connectivity index (χ4n) is 4.76. The summed E-state index contributed by atoms with van der Waals surface area (Å²) in [6.07, 6.45) is 1.74. The number of aromatic nitrogens is 1. The lowest BCUT2D eigenvalue weighted by molar-refractivity contribution is 0.102. The van der Waals surface area contributed by atoms with E-state index in [2.05, 4.69) is 34.5 Å². The summed E-state index contributed by atoms with van der Waals surface area (Å²) in [6.45, 7) is 2.48. The molecule has 36 heavy (non-hydrogen) atoms. The van der Waals surface area contributed by atoms with Gasteiger partial charge >= 0.3 is 0 Å². The minimum absolute atomic E-state index is 0.182. The maximum atomic E-state index is 13.8. The van der Waals surface area contributed by atoms with Gasteiger partial charge in [0.05, 0.1) is 25.3 Å². The van der Waals surface area contributed by atoms with Gasteiger partial charge in [0.1, 0.15) is 0 Å². The lowest BCUT2D eigenvalue weighted by Crippen LogP contribution is -2.34. The van der Waals surface area contributed by atoms with Gasteiger partial charge in [0.2, 0.25) is 0 Å². The van der Waals surface area contributed by atoms with Crippen molar-refractivity contribution in [3.05, 3.63) is 94.1 Å². The summed E-state index contributed by atoms with van der Waals surface area (Å²) in [4.78, 5) is 21.1. The summed E-state index contributed by atoms with van der Waals surface area (Å²) in [5, 5.41) is 4.45. The standard InChI is InChI=1S/C29H28ClN3O3/c1-35-26-11-9-21(17-27(26)36-2)31-29(34)28-22-10-8-20(30)16-25(22)32-24-13-15-33(18-23(24)28)14-12-19-6-4-3-5-7-19/h3-11,16-17H,12-15,18H2,1-2H3,(H,31,34). The molecule has 0 radical (unpaired) electrons. The molecule has 5 rings (SSSR count). The number of ether oxygens (including phenoxy) is 2. The maximum Gasteiger partial charge on any atom is 0.256 e. The topological polar surface area (TPSA) is 63.7 Å². The van der Waals surface area contributed by atoms with Crippen LogP contribution in [-0.4, -0.2) is 43.1 Å². The van der Waals surface area contributed by atoms with Crippen molar-refractivity contribution in [2.75, 3.05) is 32.6 Å². The lowest BCUT2D eigenvalue weighted by atomic mass is 9.94. The third kappa shape index (κ3) is 5.01. The average Bonchev–Trinajstić information content (AvgIpc) is 2.90. The Bertz CT molecular complexity index is 1410. The fourth-order valence-corrected chi connectivity index (χ4v) is 4.93. The summed E-state index contributed by atoms with van der Waals surface area (Å²) in [7, 11) is 3.16. The van der Waals surface area contributed by atoms with Crippen LogP contribution in [0.4, 0.5) is 5.69 Å². The molecule has 184 valence electrons. The highest BCUT2D eigenvalue weighted by molar-refractivity contribution is 6.31. The van der Waals surface area contributed by atoms with Crippen LogP contribution < -0.4 is 14.8 Å². The minimum atomic E-state index is -0.182. The Morgan fingerprint density at radius 1 is 1.03 bits per heavy atom. The number of carbonyl (C=O) groups is 1. The van der Waals surface area contributed by atoms with Gasteiger partial charge in [-0.1, -0.05) is 48.0 Å². The van der Waals surface area contributed by atoms with E-state index in [-0.39, 0.29) is 5.91 Å². The van der Waals surface area contributed by atoms with Crippen molar-refractivity contribution in [3.8, 4) is 11.5 Å². The first-order valence-corrected chi connectivity index (χ1v) is 12.3. The number of anilines is 1. The molecule has 0 bridgehead atoms. The number of nitrogens with zero attached hydrogens (tertiary/aromatic N) is 2. The molecule has 1 amide bonds. The molecule has 1 aliphatic rings. The first-order chi connectivity index (χ1) is 17.6. The third-order valence-electron chi connectivity index (χ3n) is 6.61. The molecule has 0 saturated carbocycles. The van der Waals surface area contributed by atoms with Gasteiger partial charge in [-0.25, -0.2) is 0 Å². The summed E-state index contributed by atoms with van der Waals surface area (Å²) in [5.74, 6) is 0.972. The number of pyridine rings is 1. The Labute approximate surface area is 215 Å². The van der Waals surface area contributed by atoms with E-state index in [0.29, 0.717) is 34.3 Å². The second-order valence-corrected chi connectivity index (χ2v) is 9.30. The molecule has 0 unspecified atom stereocenters. The van der Waals surface area contributed by atoms with Crippen molar-refractivity contribution in [2.45, 2.75) is 19.4 Å². The highest BCUT2D eigenvalue weighted by Gasteiger charge is 2.26. The Balaban J connectivity index is 1.48. The van der Waals surface area contributed by atoms with Crippen molar-refractivity contribution in [2.24, 2.45) is 0 Å². The van der Waals surface area contributed by atoms with Crippen LogP contribution in [0.15, 0.2) is 66.7 Å². The van der Waals surface area contributed by atoms with Crippen molar-refractivity contribution >= 4 is 34.1 Å². The quantitative estimate of drug-likeness (QED) is 0.349. The Morgan fingerprint density at radius 3 is 2.61 bits per heavy atom. The molecule has 3 aromatic carbocycles. The van der Waals surface area contributed by atoms with Gasteiger partial charge in [-0.05, 0) is 36.2 Å². The van der Waals surface area contributed by atoms with Gasteiger partial charge in [0.15, 0.2) is 11.5 Å². The number of carbonyl (C=O) groups excluding carboxylic acids is 1. The Hall–Kier alpha value is -3.61. The van der Waals surface area contributed by atoms with Gasteiger partial charge in [0.25, 0.3) is 5.91 Å². The normalized spacial score (nSPS) is 13.3. The molecule has 0 spiro atoms. The first-order valence-electron chi connectivity index (χ1n) is 12.0. The van der Waals surface area contributed by atoms with Crippen LogP contribution in [0.1, 0.15) is 27.2 Å². The van der Waals surface area contributed by atoms with Gasteiger partial charge in [-0.15, -0.1) is 0 Å². The van der Waals surface area contributed by atoms with Crippen LogP contribution in [-0.2, 0) is 19.4 Å². The van der Waals surface area contributed by atoms with E-state index in [9.17, 15) is 4.79 Å². The molecular weight excluding hydrogens is 474 g/mol. The molecule has 7 heteroatoms. The van der Waals surface area contributed by atoms with Crippen molar-refractivity contribution in [3.63, 3.8) is 0 Å². The van der Waals surface area contributed by atoms with E-state index in [1.807, 2.05) is 18.2 Å². The number of rotatable bonds is 7. The molecule has 2 heterocycles. The number of amides is 1. The van der Waals surface area contributed by atoms with E-state index in [1.54, 1.807) is 38.5 Å². The van der Waals surface area contributed by atoms with Crippen molar-refractivity contribution in [1.82, 2.24) is 9.88 Å². The zero-order valence-corrected chi connectivity index (χ0v) is 21.1. The zero-order chi connectivity index (χ0) is 25.1. The summed E-state index contributed by atoms with van der Waals surface area (Å²) < 4.78 is 10.7. The van der Waals surface area contributed by atoms with E-state index < -0.39 is 0 Å². The minimum Gasteiger partial charge on any atom is -0.493 e. The van der Waals surface area contributed by atoms with Gasteiger partial charge in [0, 0.05) is 59.5 Å². The number of benzene rings is 3. The van der Waals surface area contributed by atoms with Gasteiger partial charge in [-0.2, -0.15) is 0 Å². The van der Waals surface area contributed by atoms with Crippen LogP contribution in [0.25, 0.3) is 10.9 Å². The highest BCUT2D eigenvalue weighted by atomic mass is 35.5. The predicted octanol–water partition coefficient (Wildman–Crippen LogP) is 5.76. The number of methoxy groups -OCH3 is 2. The number of hydrogen-bond donors (Lipinski definition) is 1. The maximum absolute atomic E-state index is 13.8. The SMILES string of the molecule is COc1ccc(NC(=O)c2c3c(nc4cc(Cl)ccc24)CCN(CCc2ccccc2)C3)cc1OC. The second kappa shape index (κ2) is 10.6. The van der Waals surface area contributed by atoms with Crippen LogP contribution in [0, 0.1) is 0 Å². The molecule has 1 aromatic heterocycles. The molecule has 0 aliphatic carbocycles. The smallest absolute Gasteiger partial charge is 0.256 e. The number of fused-ring (bicyclic) bond motifs is 2. The summed E-state index contributed by atoms with van der Waals surface area (Å²) >= 11 is 6.27. The molecule has 4 aromatic rings. The van der Waals surface area contributed by atoms with Crippen LogP contribution in [0.5, 0.6) is 11.5 Å². The van der Waals surface area contributed by atoms with Crippen LogP contribution >= 0.6 is 11.6 Å². The summed E-state index contributed by atoms with van der Waals surface area (Å²) in [5.41, 5.74) is 5.24. The van der Waals surface area contributed by atoms with Crippen molar-refractivity contribution in [1.29, 1.82) is 0 Å². The Kier molecular flexibility index (Phi) is 7.07. The lowest BCUT2D eigenvalue weighted by Gasteiger charge is -2.30. The largest absolute Gasteiger partial charge is 0.493 e. The summed E-state index contributed by atoms with van der Waals surface area (Å²) in [6, 6.07) is 21.3. The molecule has 1 N–H and O–H groups in total. The second-order valence-electron chi connectivity index (χ2n) is 8.86. The number of halogens is 1. The van der Waals surface area contributed by atoms with E-state index in [1.165, 1.54) is 5.56 Å². The average molecular weight is 502 g/mol. The Morgan fingerprint density at radius 2 is 1.83 bits per heavy atom. The van der Waals surface area contributed by atoms with E-state index >= 15 is 0 Å². The van der Waals surface area contributed by atoms with Crippen LogP contribution in [0.2, 0.25) is 5.02 Å². The predicted molar refractivity (Wildman–Crippen MR) is 143 cm³/mol. The number of nitrogens with one attached hydrogen (secondary N) is 1. The monoisotopic (exact) mass is 501 g/mol.